The average Bonchev–Trinajstić information content (AvgIpc) is 2.29. The second-order valence-electron chi connectivity index (χ2n) is 3.45. The smallest absolute Gasteiger partial charge is 0.330 e. The molecule has 16 heavy (non-hydrogen) atoms. The molecule has 2 atom stereocenters. The molecule has 1 aliphatic rings. The van der Waals surface area contributed by atoms with E-state index in [9.17, 15) is 9.59 Å². The molecule has 0 aliphatic carbocycles. The molecule has 7 heteroatoms. The lowest BCUT2D eigenvalue weighted by Gasteiger charge is -2.29. The van der Waals surface area contributed by atoms with Gasteiger partial charge in [0.2, 0.25) is 0 Å². The number of aromatic amines is 1. The minimum atomic E-state index is -0.616. The lowest BCUT2D eigenvalue weighted by atomic mass is 10.3. The molecule has 7 nitrogen and oxygen atoms in total. The summed E-state index contributed by atoms with van der Waals surface area (Å²) in [5, 5.41) is 8.92. The predicted molar refractivity (Wildman–Crippen MR) is 53.1 cm³/mol. The van der Waals surface area contributed by atoms with E-state index in [0.717, 1.165) is 0 Å². The van der Waals surface area contributed by atoms with Crippen LogP contribution < -0.4 is 11.2 Å². The number of aromatic nitrogens is 2. The molecule has 0 amide bonds. The Morgan fingerprint density at radius 1 is 1.50 bits per heavy atom. The summed E-state index contributed by atoms with van der Waals surface area (Å²) < 4.78 is 11.8. The highest BCUT2D eigenvalue weighted by Crippen LogP contribution is 2.14. The number of nitrogens with zero attached hydrogens (tertiary/aromatic N) is 1. The molecule has 0 aromatic carbocycles. The molecule has 2 rings (SSSR count). The van der Waals surface area contributed by atoms with Gasteiger partial charge in [-0.2, -0.15) is 0 Å². The summed E-state index contributed by atoms with van der Waals surface area (Å²) in [5.74, 6) is 0. The van der Waals surface area contributed by atoms with Crippen LogP contribution in [0.1, 0.15) is 6.23 Å². The third kappa shape index (κ3) is 2.21. The van der Waals surface area contributed by atoms with Crippen molar-refractivity contribution in [2.75, 3.05) is 19.8 Å². The molecule has 1 aliphatic heterocycles. The van der Waals surface area contributed by atoms with Crippen molar-refractivity contribution in [1.82, 2.24) is 9.55 Å². The maximum Gasteiger partial charge on any atom is 0.330 e. The summed E-state index contributed by atoms with van der Waals surface area (Å²) in [6, 6.07) is 1.23. The first kappa shape index (κ1) is 11.1. The molecule has 0 unspecified atom stereocenters. The van der Waals surface area contributed by atoms with Crippen LogP contribution in [-0.2, 0) is 9.47 Å². The van der Waals surface area contributed by atoms with Gasteiger partial charge in [-0.05, 0) is 0 Å². The number of aliphatic hydroxyl groups is 1. The average molecular weight is 228 g/mol. The van der Waals surface area contributed by atoms with Gasteiger partial charge >= 0.3 is 5.69 Å². The Balaban J connectivity index is 2.23. The third-order valence-corrected chi connectivity index (χ3v) is 2.28. The highest BCUT2D eigenvalue weighted by Gasteiger charge is 2.24. The van der Waals surface area contributed by atoms with Gasteiger partial charge in [0, 0.05) is 12.3 Å². The van der Waals surface area contributed by atoms with E-state index < -0.39 is 23.6 Å². The van der Waals surface area contributed by atoms with E-state index in [1.54, 1.807) is 0 Å². The van der Waals surface area contributed by atoms with Crippen LogP contribution in [0.25, 0.3) is 0 Å². The highest BCUT2D eigenvalue weighted by atomic mass is 16.6. The largest absolute Gasteiger partial charge is 0.394 e. The van der Waals surface area contributed by atoms with E-state index in [-0.39, 0.29) is 13.2 Å². The number of nitrogens with one attached hydrogen (secondary N) is 1. The fourth-order valence-electron chi connectivity index (χ4n) is 1.50. The van der Waals surface area contributed by atoms with Crippen LogP contribution in [0.3, 0.4) is 0 Å². The first-order chi connectivity index (χ1) is 7.70. The van der Waals surface area contributed by atoms with E-state index in [4.69, 9.17) is 14.6 Å². The van der Waals surface area contributed by atoms with Gasteiger partial charge in [0.1, 0.15) is 6.10 Å². The van der Waals surface area contributed by atoms with Crippen molar-refractivity contribution in [2.24, 2.45) is 0 Å². The molecule has 1 fully saturated rings. The normalized spacial score (nSPS) is 25.6. The van der Waals surface area contributed by atoms with E-state index >= 15 is 0 Å². The molecule has 88 valence electrons. The lowest BCUT2D eigenvalue weighted by molar-refractivity contribution is -0.180. The van der Waals surface area contributed by atoms with Gasteiger partial charge in [-0.3, -0.25) is 14.3 Å². The first-order valence-electron chi connectivity index (χ1n) is 4.86. The number of hydrogen-bond donors (Lipinski definition) is 2. The van der Waals surface area contributed by atoms with Gasteiger partial charge < -0.3 is 14.6 Å². The molecule has 1 aromatic heterocycles. The topological polar surface area (TPSA) is 93.5 Å². The zero-order valence-electron chi connectivity index (χ0n) is 8.46. The van der Waals surface area contributed by atoms with Crippen LogP contribution in [0, 0.1) is 0 Å². The van der Waals surface area contributed by atoms with Crippen molar-refractivity contribution >= 4 is 0 Å². The summed E-state index contributed by atoms with van der Waals surface area (Å²) in [5.41, 5.74) is -1.02. The van der Waals surface area contributed by atoms with Crippen LogP contribution in [-0.4, -0.2) is 40.6 Å². The molecule has 0 bridgehead atoms. The second kappa shape index (κ2) is 4.60. The molecule has 2 N–H and O–H groups in total. The predicted octanol–water partition coefficient (Wildman–Crippen LogP) is -1.56. The standard InChI is InChI=1S/C9H12N2O5/c12-3-6-4-15-5-8(16-6)11-2-1-7(13)10-9(11)14/h1-2,6,8,12H,3-5H2,(H,10,13,14)/t6-,8-/m1/s1. The molecular weight excluding hydrogens is 216 g/mol. The Morgan fingerprint density at radius 3 is 3.00 bits per heavy atom. The zero-order valence-corrected chi connectivity index (χ0v) is 8.46. The number of H-pyrrole nitrogens is 1. The minimum absolute atomic E-state index is 0.172. The van der Waals surface area contributed by atoms with Gasteiger partial charge in [0.25, 0.3) is 5.56 Å². The number of ether oxygens (including phenoxy) is 2. The van der Waals surface area contributed by atoms with Crippen LogP contribution in [0.15, 0.2) is 21.9 Å². The molecule has 0 radical (unpaired) electrons. The SMILES string of the molecule is O=c1ccn([C@H]2COC[C@@H](CO)O2)c(=O)[nH]1. The maximum atomic E-state index is 11.4. The van der Waals surface area contributed by atoms with Crippen LogP contribution in [0.4, 0.5) is 0 Å². The summed E-state index contributed by atoms with van der Waals surface area (Å²) >= 11 is 0. The summed E-state index contributed by atoms with van der Waals surface area (Å²) in [6.07, 6.45) is 0.280. The van der Waals surface area contributed by atoms with Crippen LogP contribution >= 0.6 is 0 Å². The third-order valence-electron chi connectivity index (χ3n) is 2.28. The van der Waals surface area contributed by atoms with Crippen molar-refractivity contribution in [3.63, 3.8) is 0 Å². The van der Waals surface area contributed by atoms with Crippen LogP contribution in [0.5, 0.6) is 0 Å². The van der Waals surface area contributed by atoms with Crippen molar-refractivity contribution in [2.45, 2.75) is 12.3 Å². The summed E-state index contributed by atoms with van der Waals surface area (Å²) in [6.45, 7) is 0.335. The Labute approximate surface area is 90.2 Å². The molecule has 1 saturated heterocycles. The summed E-state index contributed by atoms with van der Waals surface area (Å²) in [4.78, 5) is 24.4. The van der Waals surface area contributed by atoms with Crippen molar-refractivity contribution in [3.05, 3.63) is 33.1 Å². The van der Waals surface area contributed by atoms with E-state index in [0.29, 0.717) is 6.61 Å². The van der Waals surface area contributed by atoms with Crippen LogP contribution in [0.2, 0.25) is 0 Å². The van der Waals surface area contributed by atoms with E-state index in [1.807, 2.05) is 0 Å². The fraction of sp³-hybridized carbons (Fsp3) is 0.556. The van der Waals surface area contributed by atoms with Gasteiger partial charge in [0.15, 0.2) is 6.23 Å². The Hall–Kier alpha value is -1.44. The Morgan fingerprint density at radius 2 is 2.31 bits per heavy atom. The minimum Gasteiger partial charge on any atom is -0.394 e. The van der Waals surface area contributed by atoms with Crippen molar-refractivity contribution in [3.8, 4) is 0 Å². The molecule has 1 aromatic rings. The second-order valence-corrected chi connectivity index (χ2v) is 3.45. The molecule has 0 spiro atoms. The molecular formula is C9H12N2O5. The van der Waals surface area contributed by atoms with Crippen molar-refractivity contribution < 1.29 is 14.6 Å². The first-order valence-corrected chi connectivity index (χ1v) is 4.86. The lowest BCUT2D eigenvalue weighted by Crippen LogP contribution is -2.41. The highest BCUT2D eigenvalue weighted by molar-refractivity contribution is 4.84. The fourth-order valence-corrected chi connectivity index (χ4v) is 1.50. The van der Waals surface area contributed by atoms with Gasteiger partial charge in [-0.25, -0.2) is 4.79 Å². The molecule has 0 saturated carbocycles. The molecule has 2 heterocycles. The Kier molecular flexibility index (Phi) is 3.18. The van der Waals surface area contributed by atoms with Gasteiger partial charge in [0.05, 0.1) is 19.8 Å². The number of hydrogen-bond acceptors (Lipinski definition) is 5. The van der Waals surface area contributed by atoms with Crippen molar-refractivity contribution in [1.29, 1.82) is 0 Å². The zero-order chi connectivity index (χ0) is 11.5. The van der Waals surface area contributed by atoms with E-state index in [2.05, 4.69) is 4.98 Å². The van der Waals surface area contributed by atoms with E-state index in [1.165, 1.54) is 16.8 Å². The van der Waals surface area contributed by atoms with Gasteiger partial charge in [-0.1, -0.05) is 0 Å². The number of rotatable bonds is 2. The quantitative estimate of drug-likeness (QED) is 0.638. The number of aliphatic hydroxyl groups excluding tert-OH is 1. The summed E-state index contributed by atoms with van der Waals surface area (Å²) in [7, 11) is 0. The Bertz CT molecular complexity index is 465. The maximum absolute atomic E-state index is 11.4. The van der Waals surface area contributed by atoms with Gasteiger partial charge in [-0.15, -0.1) is 0 Å². The monoisotopic (exact) mass is 228 g/mol.